The Balaban J connectivity index is 1.30. The number of ketones is 1. The maximum atomic E-state index is 14.5. The molecule has 0 saturated heterocycles. The van der Waals surface area contributed by atoms with Crippen LogP contribution in [-0.2, 0) is 13.0 Å². The SMILES string of the molecule is COc1ccc(CN(C[C@]2(O)CC[C@H]3c4ccc(cc4C(=O)c4ccccc4)C[C@@H](O)CCC(C)=CCC[C@@]32C)C(=O)Oc2ccc3ccccc3c2)c(OC)c1. The Morgan fingerprint density at radius 2 is 1.58 bits per heavy atom. The zero-order valence-corrected chi connectivity index (χ0v) is 33.4. The van der Waals surface area contributed by atoms with Crippen LogP contribution in [0.15, 0.2) is 121 Å². The van der Waals surface area contributed by atoms with Crippen molar-refractivity contribution < 1.29 is 34.0 Å². The summed E-state index contributed by atoms with van der Waals surface area (Å²) in [6.45, 7) is 4.30. The van der Waals surface area contributed by atoms with Gasteiger partial charge >= 0.3 is 6.09 Å². The lowest BCUT2D eigenvalue weighted by Crippen LogP contribution is -2.54. The number of methoxy groups -OCH3 is 2. The molecule has 2 bridgehead atoms. The normalized spacial score (nSPS) is 22.2. The first-order valence-corrected chi connectivity index (χ1v) is 20.0. The fourth-order valence-corrected chi connectivity index (χ4v) is 9.03. The molecule has 8 nitrogen and oxygen atoms in total. The van der Waals surface area contributed by atoms with E-state index < -0.39 is 23.2 Å². The number of rotatable bonds is 9. The van der Waals surface area contributed by atoms with Gasteiger partial charge in [0.1, 0.15) is 17.2 Å². The molecule has 3 aliphatic carbocycles. The molecule has 0 aliphatic heterocycles. The molecule has 1 amide bonds. The zero-order chi connectivity index (χ0) is 40.2. The lowest BCUT2D eigenvalue weighted by Gasteiger charge is -2.46. The molecule has 0 heterocycles. The van der Waals surface area contributed by atoms with Gasteiger partial charge in [-0.1, -0.05) is 91.4 Å². The summed E-state index contributed by atoms with van der Waals surface area (Å²) in [5.41, 5.74) is 2.72. The summed E-state index contributed by atoms with van der Waals surface area (Å²) >= 11 is 0. The average Bonchev–Trinajstić information content (AvgIpc) is 3.48. The van der Waals surface area contributed by atoms with Gasteiger partial charge in [-0.25, -0.2) is 4.79 Å². The van der Waals surface area contributed by atoms with Crippen LogP contribution in [0.25, 0.3) is 10.8 Å². The number of allylic oxidation sites excluding steroid dienone is 2. The molecular weight excluding hydrogens is 715 g/mol. The highest BCUT2D eigenvalue weighted by Gasteiger charge is 2.58. The molecule has 8 rings (SSSR count). The largest absolute Gasteiger partial charge is 0.497 e. The number of nitrogens with zero attached hydrogens (tertiary/aromatic N) is 1. The smallest absolute Gasteiger partial charge is 0.415 e. The van der Waals surface area contributed by atoms with Gasteiger partial charge in [-0.05, 0) is 110 Å². The van der Waals surface area contributed by atoms with Crippen LogP contribution in [0, 0.1) is 5.41 Å². The lowest BCUT2D eigenvalue weighted by molar-refractivity contribution is -0.0802. The topological polar surface area (TPSA) is 106 Å². The van der Waals surface area contributed by atoms with Gasteiger partial charge < -0.3 is 29.3 Å². The predicted octanol–water partition coefficient (Wildman–Crippen LogP) is 9.83. The summed E-state index contributed by atoms with van der Waals surface area (Å²) in [5.74, 6) is 1.27. The first-order chi connectivity index (χ1) is 27.5. The van der Waals surface area contributed by atoms with Crippen molar-refractivity contribution in [1.29, 1.82) is 0 Å². The average molecular weight is 768 g/mol. The highest BCUT2D eigenvalue weighted by molar-refractivity contribution is 6.10. The van der Waals surface area contributed by atoms with Gasteiger partial charge in [0.25, 0.3) is 0 Å². The van der Waals surface area contributed by atoms with E-state index in [-0.39, 0.29) is 24.8 Å². The monoisotopic (exact) mass is 767 g/mol. The van der Waals surface area contributed by atoms with E-state index in [1.54, 1.807) is 31.3 Å². The number of benzene rings is 5. The fourth-order valence-electron chi connectivity index (χ4n) is 9.03. The van der Waals surface area contributed by atoms with E-state index in [1.165, 1.54) is 5.57 Å². The summed E-state index contributed by atoms with van der Waals surface area (Å²) < 4.78 is 17.3. The summed E-state index contributed by atoms with van der Waals surface area (Å²) in [5, 5.41) is 26.2. The molecule has 1 fully saturated rings. The van der Waals surface area contributed by atoms with Gasteiger partial charge in [-0.3, -0.25) is 4.79 Å². The van der Waals surface area contributed by atoms with Crippen LogP contribution in [-0.4, -0.2) is 59.5 Å². The van der Waals surface area contributed by atoms with Gasteiger partial charge in [-0.15, -0.1) is 0 Å². The second-order valence-corrected chi connectivity index (χ2v) is 16.1. The molecular formula is C49H53NO7. The van der Waals surface area contributed by atoms with Crippen LogP contribution in [0.1, 0.15) is 90.9 Å². The molecule has 0 aromatic heterocycles. The van der Waals surface area contributed by atoms with Gasteiger partial charge in [-0.2, -0.15) is 0 Å². The third-order valence-corrected chi connectivity index (χ3v) is 12.4. The van der Waals surface area contributed by atoms with Gasteiger partial charge in [0, 0.05) is 28.2 Å². The van der Waals surface area contributed by atoms with Crippen molar-refractivity contribution in [3.8, 4) is 17.2 Å². The first kappa shape index (κ1) is 39.8. The van der Waals surface area contributed by atoms with Crippen molar-refractivity contribution >= 4 is 22.6 Å². The summed E-state index contributed by atoms with van der Waals surface area (Å²) in [6, 6.07) is 34.2. The maximum absolute atomic E-state index is 14.5. The zero-order valence-electron chi connectivity index (χ0n) is 33.4. The van der Waals surface area contributed by atoms with E-state index >= 15 is 0 Å². The van der Waals surface area contributed by atoms with Crippen molar-refractivity contribution in [2.75, 3.05) is 20.8 Å². The van der Waals surface area contributed by atoms with Gasteiger partial charge in [0.2, 0.25) is 0 Å². The van der Waals surface area contributed by atoms with Crippen LogP contribution in [0.2, 0.25) is 0 Å². The van der Waals surface area contributed by atoms with Crippen molar-refractivity contribution in [3.05, 3.63) is 149 Å². The highest BCUT2D eigenvalue weighted by Crippen LogP contribution is 2.59. The number of ether oxygens (including phenoxy) is 3. The van der Waals surface area contributed by atoms with Crippen molar-refractivity contribution in [1.82, 2.24) is 4.90 Å². The number of carbonyl (C=O) groups excluding carboxylic acids is 2. The van der Waals surface area contributed by atoms with E-state index in [2.05, 4.69) is 19.9 Å². The molecule has 296 valence electrons. The highest BCUT2D eigenvalue weighted by atomic mass is 16.6. The number of amides is 1. The second kappa shape index (κ2) is 17.0. The molecule has 5 aromatic rings. The Kier molecular flexibility index (Phi) is 11.8. The van der Waals surface area contributed by atoms with Crippen LogP contribution < -0.4 is 14.2 Å². The Morgan fingerprint density at radius 1 is 0.825 bits per heavy atom. The van der Waals surface area contributed by atoms with Crippen molar-refractivity contribution in [2.45, 2.75) is 83.0 Å². The number of fused-ring (bicyclic) bond motifs is 9. The van der Waals surface area contributed by atoms with Crippen LogP contribution >= 0.6 is 0 Å². The van der Waals surface area contributed by atoms with E-state index in [9.17, 15) is 19.8 Å². The van der Waals surface area contributed by atoms with E-state index in [4.69, 9.17) is 14.2 Å². The molecule has 0 radical (unpaired) electrons. The van der Waals surface area contributed by atoms with Crippen molar-refractivity contribution in [2.24, 2.45) is 5.41 Å². The molecule has 3 aliphatic rings. The Morgan fingerprint density at radius 3 is 2.35 bits per heavy atom. The van der Waals surface area contributed by atoms with Crippen LogP contribution in [0.4, 0.5) is 4.79 Å². The minimum Gasteiger partial charge on any atom is -0.497 e. The maximum Gasteiger partial charge on any atom is 0.415 e. The molecule has 0 spiro atoms. The molecule has 4 atom stereocenters. The summed E-state index contributed by atoms with van der Waals surface area (Å²) in [4.78, 5) is 30.4. The van der Waals surface area contributed by atoms with Crippen molar-refractivity contribution in [3.63, 3.8) is 0 Å². The third-order valence-electron chi connectivity index (χ3n) is 12.4. The number of hydrogen-bond donors (Lipinski definition) is 2. The van der Waals surface area contributed by atoms with Crippen LogP contribution in [0.5, 0.6) is 17.2 Å². The van der Waals surface area contributed by atoms with Crippen LogP contribution in [0.3, 0.4) is 0 Å². The number of aliphatic hydroxyl groups is 2. The minimum atomic E-state index is -1.37. The molecule has 8 heteroatoms. The number of hydrogen-bond acceptors (Lipinski definition) is 7. The summed E-state index contributed by atoms with van der Waals surface area (Å²) in [7, 11) is 3.17. The number of carbonyl (C=O) groups is 2. The lowest BCUT2D eigenvalue weighted by atomic mass is 9.64. The molecule has 1 saturated carbocycles. The Hall–Kier alpha value is -5.44. The standard InChI is InChI=1S/C49H53NO7/c1-33-11-10-25-48(2)44(42-23-17-34(27-39(51)20-16-33)28-43(42)46(52)36-13-6-5-7-14-36)24-26-49(48,54)32-50(31-38-19-21-40(55-3)30-45(38)56-4)47(53)57-41-22-18-35-12-8-9-15-37(35)29-41/h5-9,11-15,17-19,21-23,28-30,39,44,51,54H,10,16,20,24-27,31-32H2,1-4H3/t39-,44-,48-,49+/m0/s1. The molecule has 5 aromatic carbocycles. The predicted molar refractivity (Wildman–Crippen MR) is 223 cm³/mol. The third kappa shape index (κ3) is 8.48. The molecule has 57 heavy (non-hydrogen) atoms. The number of aliphatic hydroxyl groups excluding tert-OH is 1. The Labute approximate surface area is 335 Å². The molecule has 2 N–H and O–H groups in total. The first-order valence-electron chi connectivity index (χ1n) is 20.0. The van der Waals surface area contributed by atoms with E-state index in [0.717, 1.165) is 33.9 Å². The summed E-state index contributed by atoms with van der Waals surface area (Å²) in [6.07, 6.45) is 5.18. The minimum absolute atomic E-state index is 0.0173. The van der Waals surface area contributed by atoms with E-state index in [1.807, 2.05) is 97.1 Å². The Bertz CT molecular complexity index is 2270. The molecule has 0 unspecified atom stereocenters. The second-order valence-electron chi connectivity index (χ2n) is 16.1. The van der Waals surface area contributed by atoms with Gasteiger partial charge in [0.15, 0.2) is 5.78 Å². The van der Waals surface area contributed by atoms with E-state index in [0.29, 0.717) is 66.9 Å². The fraction of sp³-hybridized carbons (Fsp3) is 0.347. The quantitative estimate of drug-likeness (QED) is 0.114. The van der Waals surface area contributed by atoms with Gasteiger partial charge in [0.05, 0.1) is 39.0 Å².